The highest BCUT2D eigenvalue weighted by Gasteiger charge is 2.17. The van der Waals surface area contributed by atoms with Gasteiger partial charge in [-0.05, 0) is 6.92 Å². The standard InChI is InChI=1S/C2H5O5P.C2H6O/c3-2(4)1-8(5,6)7;1-2-3/h1H2,(H,3,4)(H2,5,6,7);3H,2H2,1H3. The Morgan fingerprint density at radius 3 is 1.73 bits per heavy atom. The lowest BCUT2D eigenvalue weighted by molar-refractivity contribution is -0.134. The van der Waals surface area contributed by atoms with Crippen molar-refractivity contribution in [3.63, 3.8) is 0 Å². The molecule has 0 heterocycles. The SMILES string of the molecule is CCO.O=C(O)CP(=O)(O)O. The summed E-state index contributed by atoms with van der Waals surface area (Å²) in [7, 11) is -4.32. The van der Waals surface area contributed by atoms with Crippen LogP contribution < -0.4 is 0 Å². The van der Waals surface area contributed by atoms with Crippen molar-refractivity contribution in [2.24, 2.45) is 0 Å². The average Bonchev–Trinajstić information content (AvgIpc) is 1.57. The van der Waals surface area contributed by atoms with Crippen molar-refractivity contribution < 1.29 is 29.4 Å². The molecule has 0 aliphatic rings. The summed E-state index contributed by atoms with van der Waals surface area (Å²) in [6.45, 7) is 1.93. The van der Waals surface area contributed by atoms with Gasteiger partial charge in [-0.3, -0.25) is 9.36 Å². The van der Waals surface area contributed by atoms with Crippen molar-refractivity contribution >= 4 is 13.6 Å². The summed E-state index contributed by atoms with van der Waals surface area (Å²) < 4.78 is 9.76. The van der Waals surface area contributed by atoms with Gasteiger partial charge in [0.05, 0.1) is 0 Å². The molecule has 0 radical (unpaired) electrons. The van der Waals surface area contributed by atoms with Crippen LogP contribution in [0.25, 0.3) is 0 Å². The first-order valence-corrected chi connectivity index (χ1v) is 4.50. The van der Waals surface area contributed by atoms with E-state index in [-0.39, 0.29) is 6.61 Å². The van der Waals surface area contributed by atoms with Crippen molar-refractivity contribution in [2.45, 2.75) is 6.92 Å². The molecule has 0 amide bonds. The smallest absolute Gasteiger partial charge is 0.336 e. The zero-order chi connectivity index (χ0) is 9.49. The average molecular weight is 186 g/mol. The van der Waals surface area contributed by atoms with Crippen LogP contribution in [0.15, 0.2) is 0 Å². The summed E-state index contributed by atoms with van der Waals surface area (Å²) in [5, 5.41) is 15.3. The van der Waals surface area contributed by atoms with E-state index >= 15 is 0 Å². The number of aliphatic hydroxyl groups is 1. The summed E-state index contributed by atoms with van der Waals surface area (Å²) in [5.41, 5.74) is 0. The molecule has 0 aliphatic heterocycles. The zero-order valence-corrected chi connectivity index (χ0v) is 6.86. The lowest BCUT2D eigenvalue weighted by Gasteiger charge is -1.95. The van der Waals surface area contributed by atoms with Gasteiger partial charge in [0, 0.05) is 6.61 Å². The maximum absolute atomic E-state index is 9.76. The molecule has 0 saturated heterocycles. The molecule has 7 heteroatoms. The first kappa shape index (κ1) is 13.2. The number of rotatable bonds is 2. The second kappa shape index (κ2) is 6.30. The van der Waals surface area contributed by atoms with Crippen LogP contribution in [0.2, 0.25) is 0 Å². The van der Waals surface area contributed by atoms with Crippen molar-refractivity contribution in [3.05, 3.63) is 0 Å². The van der Waals surface area contributed by atoms with Crippen LogP contribution in [0.5, 0.6) is 0 Å². The number of aliphatic carboxylic acids is 1. The topological polar surface area (TPSA) is 115 Å². The Kier molecular flexibility index (Phi) is 7.55. The second-order valence-electron chi connectivity index (χ2n) is 1.53. The molecular weight excluding hydrogens is 175 g/mol. The maximum Gasteiger partial charge on any atom is 0.336 e. The van der Waals surface area contributed by atoms with E-state index in [4.69, 9.17) is 20.0 Å². The predicted molar refractivity (Wildman–Crippen MR) is 37.3 cm³/mol. The van der Waals surface area contributed by atoms with Gasteiger partial charge in [-0.2, -0.15) is 0 Å². The molecule has 0 saturated carbocycles. The number of carboxylic acids is 1. The van der Waals surface area contributed by atoms with Crippen molar-refractivity contribution in [1.82, 2.24) is 0 Å². The van der Waals surface area contributed by atoms with Gasteiger partial charge < -0.3 is 20.0 Å². The second-order valence-corrected chi connectivity index (χ2v) is 3.18. The summed E-state index contributed by atoms with van der Waals surface area (Å²) in [4.78, 5) is 25.4. The Balaban J connectivity index is 0. The molecule has 0 spiro atoms. The summed E-state index contributed by atoms with van der Waals surface area (Å²) >= 11 is 0. The molecule has 0 aromatic carbocycles. The number of hydrogen-bond acceptors (Lipinski definition) is 3. The third-order valence-corrected chi connectivity index (χ3v) is 1.02. The Labute approximate surface area is 63.6 Å². The molecule has 0 fully saturated rings. The normalized spacial score (nSPS) is 9.82. The molecular formula is C4H11O6P. The quantitative estimate of drug-likeness (QED) is 0.421. The summed E-state index contributed by atoms with van der Waals surface area (Å²) in [6.07, 6.45) is -1.09. The van der Waals surface area contributed by atoms with Crippen LogP contribution in [0.1, 0.15) is 6.92 Å². The van der Waals surface area contributed by atoms with Gasteiger partial charge >= 0.3 is 13.6 Å². The lowest BCUT2D eigenvalue weighted by atomic mass is 10.8. The molecule has 0 unspecified atom stereocenters. The van der Waals surface area contributed by atoms with Crippen molar-refractivity contribution in [1.29, 1.82) is 0 Å². The van der Waals surface area contributed by atoms with Gasteiger partial charge in [0.1, 0.15) is 6.16 Å². The third kappa shape index (κ3) is 26.2. The Morgan fingerprint density at radius 1 is 1.45 bits per heavy atom. The van der Waals surface area contributed by atoms with Crippen LogP contribution in [-0.4, -0.2) is 38.7 Å². The van der Waals surface area contributed by atoms with E-state index in [1.807, 2.05) is 0 Å². The Bertz CT molecular complexity index is 149. The molecule has 4 N–H and O–H groups in total. The van der Waals surface area contributed by atoms with Gasteiger partial charge in [0.2, 0.25) is 0 Å². The monoisotopic (exact) mass is 186 g/mol. The van der Waals surface area contributed by atoms with Crippen LogP contribution in [0, 0.1) is 0 Å². The third-order valence-electron chi connectivity index (χ3n) is 0.341. The summed E-state index contributed by atoms with van der Waals surface area (Å²) in [5.74, 6) is -1.49. The first-order chi connectivity index (χ1) is 4.83. The molecule has 0 aromatic heterocycles. The van der Waals surface area contributed by atoms with E-state index in [9.17, 15) is 9.36 Å². The number of carboxylic acid groups (broad SMARTS) is 1. The molecule has 68 valence electrons. The molecule has 0 atom stereocenters. The Hall–Kier alpha value is -0.420. The van der Waals surface area contributed by atoms with Gasteiger partial charge in [-0.15, -0.1) is 0 Å². The lowest BCUT2D eigenvalue weighted by Crippen LogP contribution is -2.01. The number of carbonyl (C=O) groups is 1. The van der Waals surface area contributed by atoms with E-state index in [1.165, 1.54) is 0 Å². The van der Waals surface area contributed by atoms with E-state index in [1.54, 1.807) is 6.92 Å². The molecule has 0 aromatic rings. The highest BCUT2D eigenvalue weighted by Crippen LogP contribution is 2.33. The number of hydrogen-bond donors (Lipinski definition) is 4. The fourth-order valence-corrected chi connectivity index (χ4v) is 0.529. The Morgan fingerprint density at radius 2 is 1.73 bits per heavy atom. The minimum atomic E-state index is -4.32. The molecule has 0 aliphatic carbocycles. The molecule has 0 bridgehead atoms. The van der Waals surface area contributed by atoms with Gasteiger partial charge in [-0.1, -0.05) is 0 Å². The highest BCUT2D eigenvalue weighted by molar-refractivity contribution is 7.52. The highest BCUT2D eigenvalue weighted by atomic mass is 31.2. The van der Waals surface area contributed by atoms with E-state index in [0.717, 1.165) is 0 Å². The molecule has 6 nitrogen and oxygen atoms in total. The van der Waals surface area contributed by atoms with Crippen LogP contribution in [0.3, 0.4) is 0 Å². The fourth-order valence-electron chi connectivity index (χ4n) is 0.176. The van der Waals surface area contributed by atoms with Crippen molar-refractivity contribution in [2.75, 3.05) is 12.8 Å². The molecule has 0 rings (SSSR count). The van der Waals surface area contributed by atoms with E-state index < -0.39 is 19.7 Å². The predicted octanol–water partition coefficient (Wildman–Crippen LogP) is -0.753. The van der Waals surface area contributed by atoms with Gasteiger partial charge in [0.25, 0.3) is 0 Å². The van der Waals surface area contributed by atoms with E-state index in [2.05, 4.69) is 0 Å². The van der Waals surface area contributed by atoms with Gasteiger partial charge in [-0.25, -0.2) is 0 Å². The zero-order valence-electron chi connectivity index (χ0n) is 5.97. The first-order valence-electron chi connectivity index (χ1n) is 2.70. The van der Waals surface area contributed by atoms with E-state index in [0.29, 0.717) is 0 Å². The van der Waals surface area contributed by atoms with Crippen molar-refractivity contribution in [3.8, 4) is 0 Å². The van der Waals surface area contributed by atoms with Crippen LogP contribution >= 0.6 is 7.60 Å². The number of aliphatic hydroxyl groups excluding tert-OH is 1. The fraction of sp³-hybridized carbons (Fsp3) is 0.750. The minimum absolute atomic E-state index is 0.250. The maximum atomic E-state index is 9.76. The van der Waals surface area contributed by atoms with Gasteiger partial charge in [0.15, 0.2) is 0 Å². The minimum Gasteiger partial charge on any atom is -0.481 e. The van der Waals surface area contributed by atoms with Crippen LogP contribution in [-0.2, 0) is 9.36 Å². The summed E-state index contributed by atoms with van der Waals surface area (Å²) in [6, 6.07) is 0. The van der Waals surface area contributed by atoms with Crippen LogP contribution in [0.4, 0.5) is 0 Å². The largest absolute Gasteiger partial charge is 0.481 e. The molecule has 11 heavy (non-hydrogen) atoms.